The van der Waals surface area contributed by atoms with E-state index in [-0.39, 0.29) is 0 Å². The molecule has 0 radical (unpaired) electrons. The van der Waals surface area contributed by atoms with E-state index < -0.39 is 0 Å². The summed E-state index contributed by atoms with van der Waals surface area (Å²) in [6.07, 6.45) is 1.77. The second-order valence-electron chi connectivity index (χ2n) is 3.89. The summed E-state index contributed by atoms with van der Waals surface area (Å²) in [5, 5.41) is 0.724. The van der Waals surface area contributed by atoms with Crippen LogP contribution in [0.3, 0.4) is 0 Å². The van der Waals surface area contributed by atoms with Crippen molar-refractivity contribution in [3.8, 4) is 0 Å². The molecule has 0 aliphatic rings. The summed E-state index contributed by atoms with van der Waals surface area (Å²) >= 11 is 6.13. The molecule has 0 spiro atoms. The van der Waals surface area contributed by atoms with Crippen molar-refractivity contribution in [2.75, 3.05) is 17.7 Å². The zero-order valence-corrected chi connectivity index (χ0v) is 10.4. The smallest absolute Gasteiger partial charge is 0.128 e. The molecular weight excluding hydrogens is 234 g/mol. The van der Waals surface area contributed by atoms with E-state index in [1.807, 2.05) is 42.3 Å². The third kappa shape index (κ3) is 2.88. The number of nitrogens with two attached hydrogens (primary N) is 1. The van der Waals surface area contributed by atoms with Crippen LogP contribution in [0.1, 0.15) is 5.56 Å². The lowest BCUT2D eigenvalue weighted by molar-refractivity contribution is 0.899. The summed E-state index contributed by atoms with van der Waals surface area (Å²) in [4.78, 5) is 6.31. The van der Waals surface area contributed by atoms with E-state index >= 15 is 0 Å². The first-order valence-electron chi connectivity index (χ1n) is 5.33. The average molecular weight is 248 g/mol. The molecule has 17 heavy (non-hydrogen) atoms. The molecule has 1 aromatic carbocycles. The van der Waals surface area contributed by atoms with Crippen molar-refractivity contribution in [1.82, 2.24) is 4.98 Å². The number of aromatic nitrogens is 1. The van der Waals surface area contributed by atoms with Crippen LogP contribution in [0.5, 0.6) is 0 Å². The lowest BCUT2D eigenvalue weighted by Crippen LogP contribution is -2.17. The number of hydrogen-bond donors (Lipinski definition) is 1. The van der Waals surface area contributed by atoms with E-state index in [9.17, 15) is 0 Å². The van der Waals surface area contributed by atoms with Gasteiger partial charge in [-0.2, -0.15) is 0 Å². The van der Waals surface area contributed by atoms with Gasteiger partial charge >= 0.3 is 0 Å². The Bertz CT molecular complexity index is 499. The summed E-state index contributed by atoms with van der Waals surface area (Å²) in [6, 6.07) is 11.3. The molecule has 2 aromatic rings. The highest BCUT2D eigenvalue weighted by molar-refractivity contribution is 6.31. The second kappa shape index (κ2) is 5.06. The predicted molar refractivity (Wildman–Crippen MR) is 72.2 cm³/mol. The van der Waals surface area contributed by atoms with Gasteiger partial charge in [-0.1, -0.05) is 17.7 Å². The Morgan fingerprint density at radius 3 is 2.82 bits per heavy atom. The van der Waals surface area contributed by atoms with Crippen LogP contribution in [0.2, 0.25) is 5.02 Å². The van der Waals surface area contributed by atoms with Gasteiger partial charge in [0, 0.05) is 30.5 Å². The molecule has 0 atom stereocenters. The third-order valence-corrected chi connectivity index (χ3v) is 2.89. The lowest BCUT2D eigenvalue weighted by atomic mass is 10.2. The first-order valence-corrected chi connectivity index (χ1v) is 5.70. The molecule has 0 saturated carbocycles. The molecular formula is C13H14ClN3. The SMILES string of the molecule is CN(Cc1cc(N)ccc1Cl)c1ccccn1. The Kier molecular flexibility index (Phi) is 3.49. The van der Waals surface area contributed by atoms with E-state index in [1.54, 1.807) is 12.3 Å². The minimum absolute atomic E-state index is 0.681. The normalized spacial score (nSPS) is 10.2. The predicted octanol–water partition coefficient (Wildman–Crippen LogP) is 2.95. The summed E-state index contributed by atoms with van der Waals surface area (Å²) in [6.45, 7) is 0.681. The van der Waals surface area contributed by atoms with Crippen molar-refractivity contribution < 1.29 is 0 Å². The maximum atomic E-state index is 6.13. The first kappa shape index (κ1) is 11.7. The molecule has 0 saturated heterocycles. The Morgan fingerprint density at radius 2 is 2.12 bits per heavy atom. The molecule has 0 bridgehead atoms. The summed E-state index contributed by atoms with van der Waals surface area (Å²) in [5.41, 5.74) is 7.47. The summed E-state index contributed by atoms with van der Waals surface area (Å²) < 4.78 is 0. The van der Waals surface area contributed by atoms with Gasteiger partial charge in [-0.3, -0.25) is 0 Å². The van der Waals surface area contributed by atoms with E-state index in [2.05, 4.69) is 4.98 Å². The number of benzene rings is 1. The fourth-order valence-corrected chi connectivity index (χ4v) is 1.81. The maximum Gasteiger partial charge on any atom is 0.128 e. The Morgan fingerprint density at radius 1 is 1.29 bits per heavy atom. The molecule has 2 rings (SSSR count). The van der Waals surface area contributed by atoms with Crippen LogP contribution in [-0.4, -0.2) is 12.0 Å². The van der Waals surface area contributed by atoms with Crippen molar-refractivity contribution in [1.29, 1.82) is 0 Å². The fraction of sp³-hybridized carbons (Fsp3) is 0.154. The van der Waals surface area contributed by atoms with Crippen molar-refractivity contribution in [3.05, 3.63) is 53.2 Å². The Balaban J connectivity index is 2.18. The summed E-state index contributed by atoms with van der Waals surface area (Å²) in [7, 11) is 1.97. The van der Waals surface area contributed by atoms with Gasteiger partial charge in [0.2, 0.25) is 0 Å². The molecule has 0 aliphatic heterocycles. The molecule has 0 fully saturated rings. The van der Waals surface area contributed by atoms with E-state index in [0.717, 1.165) is 22.1 Å². The zero-order chi connectivity index (χ0) is 12.3. The topological polar surface area (TPSA) is 42.1 Å². The van der Waals surface area contributed by atoms with Crippen LogP contribution in [-0.2, 0) is 6.54 Å². The number of halogens is 1. The fourth-order valence-electron chi connectivity index (χ4n) is 1.63. The molecule has 3 nitrogen and oxygen atoms in total. The molecule has 4 heteroatoms. The van der Waals surface area contributed by atoms with E-state index in [4.69, 9.17) is 17.3 Å². The van der Waals surface area contributed by atoms with Gasteiger partial charge in [-0.05, 0) is 35.9 Å². The number of rotatable bonds is 3. The highest BCUT2D eigenvalue weighted by Crippen LogP contribution is 2.21. The van der Waals surface area contributed by atoms with Gasteiger partial charge in [0.05, 0.1) is 0 Å². The van der Waals surface area contributed by atoms with Gasteiger partial charge in [0.25, 0.3) is 0 Å². The quantitative estimate of drug-likeness (QED) is 0.848. The number of anilines is 2. The monoisotopic (exact) mass is 247 g/mol. The largest absolute Gasteiger partial charge is 0.399 e. The Labute approximate surface area is 106 Å². The first-order chi connectivity index (χ1) is 8.16. The number of hydrogen-bond acceptors (Lipinski definition) is 3. The van der Waals surface area contributed by atoms with Gasteiger partial charge in [-0.25, -0.2) is 4.98 Å². The molecule has 0 aliphatic carbocycles. The van der Waals surface area contributed by atoms with Crippen LogP contribution < -0.4 is 10.6 Å². The molecule has 2 N–H and O–H groups in total. The number of nitrogen functional groups attached to an aromatic ring is 1. The maximum absolute atomic E-state index is 6.13. The molecule has 88 valence electrons. The average Bonchev–Trinajstić information content (AvgIpc) is 2.35. The standard InChI is InChI=1S/C13H14ClN3/c1-17(13-4-2-3-7-16-13)9-10-8-11(15)5-6-12(10)14/h2-8H,9,15H2,1H3. The molecule has 0 amide bonds. The number of nitrogens with zero attached hydrogens (tertiary/aromatic N) is 2. The van der Waals surface area contributed by atoms with E-state index in [1.165, 1.54) is 0 Å². The second-order valence-corrected chi connectivity index (χ2v) is 4.30. The van der Waals surface area contributed by atoms with Crippen molar-refractivity contribution in [2.45, 2.75) is 6.54 Å². The highest BCUT2D eigenvalue weighted by atomic mass is 35.5. The minimum atomic E-state index is 0.681. The van der Waals surface area contributed by atoms with Gasteiger partial charge in [0.1, 0.15) is 5.82 Å². The zero-order valence-electron chi connectivity index (χ0n) is 9.60. The Hall–Kier alpha value is -1.74. The van der Waals surface area contributed by atoms with Crippen molar-refractivity contribution in [2.24, 2.45) is 0 Å². The van der Waals surface area contributed by atoms with Crippen LogP contribution in [0.15, 0.2) is 42.6 Å². The van der Waals surface area contributed by atoms with Gasteiger partial charge in [-0.15, -0.1) is 0 Å². The lowest BCUT2D eigenvalue weighted by Gasteiger charge is -2.18. The van der Waals surface area contributed by atoms with Crippen molar-refractivity contribution in [3.63, 3.8) is 0 Å². The van der Waals surface area contributed by atoms with Crippen LogP contribution in [0.25, 0.3) is 0 Å². The molecule has 0 unspecified atom stereocenters. The van der Waals surface area contributed by atoms with Gasteiger partial charge < -0.3 is 10.6 Å². The minimum Gasteiger partial charge on any atom is -0.399 e. The van der Waals surface area contributed by atoms with Gasteiger partial charge in [0.15, 0.2) is 0 Å². The number of pyridine rings is 1. The van der Waals surface area contributed by atoms with E-state index in [0.29, 0.717) is 6.54 Å². The summed E-state index contributed by atoms with van der Waals surface area (Å²) in [5.74, 6) is 0.908. The molecule has 1 heterocycles. The van der Waals surface area contributed by atoms with Crippen LogP contribution in [0, 0.1) is 0 Å². The van der Waals surface area contributed by atoms with Crippen LogP contribution in [0.4, 0.5) is 11.5 Å². The van der Waals surface area contributed by atoms with Crippen molar-refractivity contribution >= 4 is 23.1 Å². The third-order valence-electron chi connectivity index (χ3n) is 2.52. The highest BCUT2D eigenvalue weighted by Gasteiger charge is 2.06. The molecule has 1 aromatic heterocycles. The van der Waals surface area contributed by atoms with Crippen LogP contribution >= 0.6 is 11.6 Å².